The van der Waals surface area contributed by atoms with Crippen LogP contribution in [0.4, 0.5) is 10.2 Å². The van der Waals surface area contributed by atoms with Crippen LogP contribution in [0.25, 0.3) is 11.3 Å². The Hall–Kier alpha value is -3.68. The molecular formula is C23H25FN6O. The van der Waals surface area contributed by atoms with Crippen molar-refractivity contribution in [2.75, 3.05) is 12.3 Å². The molecule has 0 unspecified atom stereocenters. The zero-order valence-electron chi connectivity index (χ0n) is 17.8. The third kappa shape index (κ3) is 3.76. The number of aryl methyl sites for hydroxylation is 1. The zero-order chi connectivity index (χ0) is 22.1. The molecule has 1 atom stereocenters. The van der Waals surface area contributed by atoms with E-state index in [2.05, 4.69) is 15.1 Å². The largest absolute Gasteiger partial charge is 0.482 e. The Morgan fingerprint density at radius 2 is 2.13 bits per heavy atom. The highest BCUT2D eigenvalue weighted by atomic mass is 19.1. The molecule has 1 aliphatic rings. The van der Waals surface area contributed by atoms with Crippen molar-refractivity contribution in [2.45, 2.75) is 26.4 Å². The number of hydrogen-bond acceptors (Lipinski definition) is 6. The summed E-state index contributed by atoms with van der Waals surface area (Å²) in [4.78, 5) is 8.98. The van der Waals surface area contributed by atoms with Crippen LogP contribution in [0, 0.1) is 5.82 Å². The molecule has 3 heterocycles. The summed E-state index contributed by atoms with van der Waals surface area (Å²) in [5.74, 6) is 0.317. The first-order valence-electron chi connectivity index (χ1n) is 10.1. The van der Waals surface area contributed by atoms with Crippen LogP contribution in [0.2, 0.25) is 0 Å². The molecule has 2 bridgehead atoms. The number of nitrogens with zero attached hydrogens (tertiary/aromatic N) is 4. The molecule has 0 radical (unpaired) electrons. The maximum Gasteiger partial charge on any atom is 0.166 e. The Balaban J connectivity index is 2.01. The Labute approximate surface area is 180 Å². The van der Waals surface area contributed by atoms with Crippen molar-refractivity contribution in [1.82, 2.24) is 14.8 Å². The van der Waals surface area contributed by atoms with Gasteiger partial charge < -0.3 is 16.2 Å². The van der Waals surface area contributed by atoms with Crippen LogP contribution in [0.3, 0.4) is 0 Å². The van der Waals surface area contributed by atoms with Gasteiger partial charge in [-0.3, -0.25) is 9.67 Å². The van der Waals surface area contributed by atoms with Crippen LogP contribution in [0.1, 0.15) is 36.6 Å². The minimum absolute atomic E-state index is 0.251. The zero-order valence-corrected chi connectivity index (χ0v) is 17.8. The second-order valence-electron chi connectivity index (χ2n) is 7.43. The van der Waals surface area contributed by atoms with Gasteiger partial charge in [-0.2, -0.15) is 5.10 Å². The van der Waals surface area contributed by atoms with Gasteiger partial charge in [-0.25, -0.2) is 9.37 Å². The Bertz CT molecular complexity index is 1200. The number of nitrogens with two attached hydrogens (primary N) is 2. The number of nitrogen functional groups attached to an aromatic ring is 1. The van der Waals surface area contributed by atoms with Crippen LogP contribution in [-0.4, -0.2) is 27.0 Å². The van der Waals surface area contributed by atoms with E-state index in [4.69, 9.17) is 16.2 Å². The van der Waals surface area contributed by atoms with E-state index in [-0.39, 0.29) is 11.6 Å². The van der Waals surface area contributed by atoms with Gasteiger partial charge in [0.15, 0.2) is 11.6 Å². The maximum absolute atomic E-state index is 14.2. The number of aromatic nitrogens is 3. The fourth-order valence-corrected chi connectivity index (χ4v) is 3.94. The number of pyridine rings is 1. The lowest BCUT2D eigenvalue weighted by molar-refractivity contribution is 0.227. The first-order valence-corrected chi connectivity index (χ1v) is 10.1. The molecule has 0 fully saturated rings. The molecule has 7 nitrogen and oxygen atoms in total. The lowest BCUT2D eigenvalue weighted by Crippen LogP contribution is -2.15. The smallest absolute Gasteiger partial charge is 0.166 e. The lowest BCUT2D eigenvalue weighted by Gasteiger charge is -2.22. The molecule has 2 aromatic heterocycles. The average Bonchev–Trinajstić information content (AvgIpc) is 3.11. The van der Waals surface area contributed by atoms with Crippen LogP contribution in [0.15, 0.2) is 53.4 Å². The third-order valence-electron chi connectivity index (χ3n) is 5.38. The molecule has 0 amide bonds. The van der Waals surface area contributed by atoms with E-state index in [1.165, 1.54) is 12.1 Å². The number of aliphatic imine (C=N–C) groups is 1. The minimum atomic E-state index is -0.483. The molecule has 3 aromatic rings. The summed E-state index contributed by atoms with van der Waals surface area (Å²) in [5.41, 5.74) is 17.8. The van der Waals surface area contributed by atoms with E-state index in [1.807, 2.05) is 27.0 Å². The van der Waals surface area contributed by atoms with Crippen molar-refractivity contribution < 1.29 is 9.13 Å². The molecule has 0 saturated carbocycles. The summed E-state index contributed by atoms with van der Waals surface area (Å²) in [7, 11) is 1.86. The van der Waals surface area contributed by atoms with Gasteiger partial charge >= 0.3 is 0 Å². The van der Waals surface area contributed by atoms with Gasteiger partial charge in [0.25, 0.3) is 0 Å². The Kier molecular flexibility index (Phi) is 5.46. The predicted molar refractivity (Wildman–Crippen MR) is 119 cm³/mol. The average molecular weight is 420 g/mol. The molecular weight excluding hydrogens is 395 g/mol. The van der Waals surface area contributed by atoms with Crippen LogP contribution in [-0.2, 0) is 13.5 Å². The normalized spacial score (nSPS) is 18.6. The van der Waals surface area contributed by atoms with Crippen molar-refractivity contribution in [3.05, 3.63) is 70.9 Å². The quantitative estimate of drug-likeness (QED) is 0.626. The molecule has 31 heavy (non-hydrogen) atoms. The number of fused-ring (bicyclic) bond motifs is 5. The van der Waals surface area contributed by atoms with E-state index in [9.17, 15) is 4.39 Å². The SMILES string of the molecule is CCN=C1C(=CN)Cc2cnn(C)c2-c2ccc(F)cc2[C@@H](C)Oc2cc1cnc2N. The van der Waals surface area contributed by atoms with Crippen LogP contribution >= 0.6 is 0 Å². The first kappa shape index (κ1) is 20.6. The Morgan fingerprint density at radius 3 is 2.87 bits per heavy atom. The summed E-state index contributed by atoms with van der Waals surface area (Å²) in [5, 5.41) is 4.46. The van der Waals surface area contributed by atoms with Crippen LogP contribution < -0.4 is 16.2 Å². The third-order valence-corrected chi connectivity index (χ3v) is 5.38. The predicted octanol–water partition coefficient (Wildman–Crippen LogP) is 3.55. The fraction of sp³-hybridized carbons (Fsp3) is 0.261. The summed E-state index contributed by atoms with van der Waals surface area (Å²) in [6.07, 6.45) is 5.05. The molecule has 160 valence electrons. The van der Waals surface area contributed by atoms with Gasteiger partial charge in [0.2, 0.25) is 0 Å². The lowest BCUT2D eigenvalue weighted by atomic mass is 9.92. The summed E-state index contributed by atoms with van der Waals surface area (Å²) in [6.45, 7) is 4.39. The van der Waals surface area contributed by atoms with E-state index in [1.54, 1.807) is 29.3 Å². The topological polar surface area (TPSA) is 104 Å². The number of anilines is 1. The number of rotatable bonds is 1. The summed E-state index contributed by atoms with van der Waals surface area (Å²) < 4.78 is 22.2. The maximum atomic E-state index is 14.2. The number of benzene rings is 1. The van der Waals surface area contributed by atoms with Gasteiger partial charge in [-0.05, 0) is 49.9 Å². The monoisotopic (exact) mass is 420 g/mol. The number of halogens is 1. The standard InChI is InChI=1S/C23H25FN6O/c1-4-27-21-14(10-25)7-16-12-29-30(3)22(16)18-6-5-17(24)9-19(18)13(2)31-20-8-15(21)11-28-23(20)26/h5-6,8-13H,4,7,25H2,1-3H3,(H2,26,28)/t13-/m1/s1. The van der Waals surface area contributed by atoms with E-state index in [0.29, 0.717) is 24.3 Å². The Morgan fingerprint density at radius 1 is 1.32 bits per heavy atom. The van der Waals surface area contributed by atoms with Crippen LogP contribution in [0.5, 0.6) is 5.75 Å². The molecule has 1 aliphatic heterocycles. The molecule has 1 aromatic carbocycles. The van der Waals surface area contributed by atoms with Crippen molar-refractivity contribution in [3.8, 4) is 17.0 Å². The molecule has 4 N–H and O–H groups in total. The van der Waals surface area contributed by atoms with Crippen molar-refractivity contribution in [2.24, 2.45) is 17.8 Å². The van der Waals surface area contributed by atoms with Crippen molar-refractivity contribution in [1.29, 1.82) is 0 Å². The van der Waals surface area contributed by atoms with Gasteiger partial charge in [-0.1, -0.05) is 0 Å². The fourth-order valence-electron chi connectivity index (χ4n) is 3.94. The molecule has 0 spiro atoms. The van der Waals surface area contributed by atoms with Gasteiger partial charge in [0.1, 0.15) is 11.9 Å². The summed E-state index contributed by atoms with van der Waals surface area (Å²) in [6, 6.07) is 6.48. The molecule has 0 aliphatic carbocycles. The highest BCUT2D eigenvalue weighted by molar-refractivity contribution is 6.13. The minimum Gasteiger partial charge on any atom is -0.482 e. The van der Waals surface area contributed by atoms with Gasteiger partial charge in [-0.15, -0.1) is 0 Å². The van der Waals surface area contributed by atoms with Crippen molar-refractivity contribution in [3.63, 3.8) is 0 Å². The van der Waals surface area contributed by atoms with E-state index >= 15 is 0 Å². The highest BCUT2D eigenvalue weighted by Gasteiger charge is 2.24. The van der Waals surface area contributed by atoms with Gasteiger partial charge in [0.05, 0.1) is 17.6 Å². The second kappa shape index (κ2) is 8.22. The number of allylic oxidation sites excluding steroid dienone is 1. The van der Waals surface area contributed by atoms with E-state index in [0.717, 1.165) is 33.7 Å². The van der Waals surface area contributed by atoms with Gasteiger partial charge in [0, 0.05) is 48.5 Å². The molecule has 8 heteroatoms. The summed E-state index contributed by atoms with van der Waals surface area (Å²) >= 11 is 0. The highest BCUT2D eigenvalue weighted by Crippen LogP contribution is 2.36. The molecule has 4 rings (SSSR count). The second-order valence-corrected chi connectivity index (χ2v) is 7.43. The van der Waals surface area contributed by atoms with Crippen molar-refractivity contribution >= 4 is 11.5 Å². The first-order chi connectivity index (χ1) is 14.9. The number of ether oxygens (including phenoxy) is 1. The molecule has 0 saturated heterocycles. The van der Waals surface area contributed by atoms with E-state index < -0.39 is 6.10 Å². The number of hydrogen-bond donors (Lipinski definition) is 2.